The number of nitrogen functional groups attached to an aromatic ring is 1. The first-order valence-electron chi connectivity index (χ1n) is 18.9. The van der Waals surface area contributed by atoms with Crippen molar-refractivity contribution in [3.63, 3.8) is 0 Å². The number of hydrogen-bond donors (Lipinski definition) is 9. The summed E-state index contributed by atoms with van der Waals surface area (Å²) in [7, 11) is -12.9. The Morgan fingerprint density at radius 3 is 2.29 bits per heavy atom. The number of phosphoric ester groups is 3. The molecule has 1 aliphatic rings. The molecular weight excluding hydrogens is 881 g/mol. The third-order valence-electron chi connectivity index (χ3n) is 8.85. The second kappa shape index (κ2) is 24.2. The molecule has 2 amide bonds. The monoisotopic (exact) mass is 938 g/mol. The average Bonchev–Trinajstić information content (AvgIpc) is 3.71. The van der Waals surface area contributed by atoms with Gasteiger partial charge >= 0.3 is 23.5 Å². The van der Waals surface area contributed by atoms with E-state index in [1.807, 2.05) is 0 Å². The van der Waals surface area contributed by atoms with Crippen molar-refractivity contribution in [3.8, 4) is 0 Å². The molecule has 59 heavy (non-hydrogen) atoms. The molecule has 1 fully saturated rings. The summed E-state index contributed by atoms with van der Waals surface area (Å²) in [5, 5.41) is 26.7. The lowest BCUT2D eigenvalue weighted by Gasteiger charge is -2.30. The predicted octanol–water partition coefficient (Wildman–Crippen LogP) is 3.53. The van der Waals surface area contributed by atoms with Crippen molar-refractivity contribution in [2.75, 3.05) is 43.5 Å². The number of amides is 2. The minimum Gasteiger partial charge on any atom is -0.397 e. The fraction of sp³-hybridized carbons (Fsp3) is 0.750. The number of anilines is 1. The maximum atomic E-state index is 12.7. The highest BCUT2D eigenvalue weighted by Crippen LogP contribution is 2.61. The van der Waals surface area contributed by atoms with E-state index in [1.165, 1.54) is 82.0 Å². The van der Waals surface area contributed by atoms with Crippen LogP contribution in [0.3, 0.4) is 0 Å². The van der Waals surface area contributed by atoms with Crippen molar-refractivity contribution >= 4 is 73.7 Å². The van der Waals surface area contributed by atoms with Crippen LogP contribution in [-0.4, -0.2) is 118 Å². The second-order valence-electron chi connectivity index (χ2n) is 14.3. The number of rotatable bonds is 29. The summed E-state index contributed by atoms with van der Waals surface area (Å²) < 4.78 is 62.4. The number of fused-ring (bicyclic) bond motifs is 1. The van der Waals surface area contributed by atoms with Gasteiger partial charge in [-0.1, -0.05) is 87.3 Å². The third-order valence-corrected chi connectivity index (χ3v) is 14.4. The smallest absolute Gasteiger partial charge is 0.397 e. The molecule has 2 aromatic rings. The van der Waals surface area contributed by atoms with Gasteiger partial charge < -0.3 is 50.9 Å². The van der Waals surface area contributed by atoms with Crippen molar-refractivity contribution in [2.24, 2.45) is 5.41 Å². The maximum absolute atomic E-state index is 12.7. The molecule has 7 atom stereocenters. The van der Waals surface area contributed by atoms with E-state index in [0.29, 0.717) is 6.54 Å². The van der Waals surface area contributed by atoms with Gasteiger partial charge in [0.15, 0.2) is 11.9 Å². The molecule has 0 aromatic carbocycles. The first-order valence-corrected chi connectivity index (χ1v) is 25.9. The van der Waals surface area contributed by atoms with Gasteiger partial charge in [0.1, 0.15) is 29.9 Å². The third kappa shape index (κ3) is 17.9. The SMILES string of the molecule is CCCCCCCCCCSSCCNC(=O)CCNC(=O)[C@@H](O)C(C)(C)COP(=O)(O)OP(=O)(O)OC[C@H]1O[C@@H](n2cnc3c(N)ccnc32)C(O)[C@H]1OP(=O)(O)O. The molecule has 0 spiro atoms. The fourth-order valence-corrected chi connectivity index (χ4v) is 10.6. The minimum absolute atomic E-state index is 0.0680. The molecule has 1 aliphatic heterocycles. The van der Waals surface area contributed by atoms with Gasteiger partial charge in [0.2, 0.25) is 11.8 Å². The first-order chi connectivity index (χ1) is 27.7. The summed E-state index contributed by atoms with van der Waals surface area (Å²) >= 11 is 0. The molecule has 0 aliphatic carbocycles. The number of nitrogens with two attached hydrogens (primary N) is 1. The van der Waals surface area contributed by atoms with Crippen LogP contribution in [0.4, 0.5) is 5.69 Å². The van der Waals surface area contributed by atoms with Crippen LogP contribution in [0.15, 0.2) is 18.6 Å². The van der Waals surface area contributed by atoms with Crippen LogP contribution in [0.5, 0.6) is 0 Å². The summed E-state index contributed by atoms with van der Waals surface area (Å²) in [6.07, 6.45) is 3.79. The molecule has 3 unspecified atom stereocenters. The molecule has 3 heterocycles. The van der Waals surface area contributed by atoms with E-state index in [4.69, 9.17) is 19.5 Å². The molecule has 22 nitrogen and oxygen atoms in total. The summed E-state index contributed by atoms with van der Waals surface area (Å²) in [4.78, 5) is 72.3. The Morgan fingerprint density at radius 1 is 0.966 bits per heavy atom. The number of carbonyl (C=O) groups is 2. The molecule has 10 N–H and O–H groups in total. The normalized spacial score (nSPS) is 21.2. The van der Waals surface area contributed by atoms with Gasteiger partial charge in [-0.2, -0.15) is 4.31 Å². The number of aliphatic hydroxyl groups excluding tert-OH is 2. The maximum Gasteiger partial charge on any atom is 0.481 e. The quantitative estimate of drug-likeness (QED) is 0.0320. The Labute approximate surface area is 350 Å². The zero-order valence-corrected chi connectivity index (χ0v) is 37.4. The van der Waals surface area contributed by atoms with Crippen molar-refractivity contribution in [1.29, 1.82) is 0 Å². The summed E-state index contributed by atoms with van der Waals surface area (Å²) in [5.74, 6) is 0.546. The van der Waals surface area contributed by atoms with Crippen LogP contribution in [0.25, 0.3) is 11.2 Å². The number of aliphatic hydroxyl groups is 2. The largest absolute Gasteiger partial charge is 0.481 e. The van der Waals surface area contributed by atoms with Crippen molar-refractivity contribution < 1.29 is 75.7 Å². The number of unbranched alkanes of at least 4 members (excludes halogenated alkanes) is 7. The lowest BCUT2D eigenvalue weighted by atomic mass is 9.87. The average molecular weight is 939 g/mol. The summed E-state index contributed by atoms with van der Waals surface area (Å²) in [6, 6.07) is 1.45. The zero-order valence-electron chi connectivity index (χ0n) is 33.1. The van der Waals surface area contributed by atoms with E-state index in [2.05, 4.69) is 36.4 Å². The summed E-state index contributed by atoms with van der Waals surface area (Å²) in [5.41, 5.74) is 4.84. The highest BCUT2D eigenvalue weighted by Gasteiger charge is 2.50. The van der Waals surface area contributed by atoms with Gasteiger partial charge in [-0.15, -0.1) is 0 Å². The van der Waals surface area contributed by atoms with Crippen LogP contribution >= 0.6 is 45.1 Å². The molecule has 0 radical (unpaired) electrons. The number of ether oxygens (including phenoxy) is 1. The Hall–Kier alpha value is -1.69. The van der Waals surface area contributed by atoms with Gasteiger partial charge in [-0.3, -0.25) is 27.7 Å². The van der Waals surface area contributed by atoms with Gasteiger partial charge in [0.05, 0.1) is 25.2 Å². The second-order valence-corrected chi connectivity index (χ2v) is 21.3. The van der Waals surface area contributed by atoms with E-state index >= 15 is 0 Å². The van der Waals surface area contributed by atoms with E-state index < -0.39 is 78.6 Å². The number of hydrogen-bond acceptors (Lipinski definition) is 17. The standard InChI is InChI=1S/C32H57N6O16P3S2/c1-4-5-6-7-8-9-10-11-17-58-59-18-16-34-24(39)13-15-36-30(42)28(41)32(2,3)20-51-57(48,49)54-56(46,47)50-19-23-27(53-55(43,44)45)26(40)31(52-23)38-21-37-25-22(33)12-14-35-29(25)38/h12,14,21,23,26-28,31,40-41H,4-11,13,15-20H2,1-3H3,(H2,33,35)(H,34,39)(H,36,42)(H,46,47)(H,48,49)(H2,43,44,45)/t23-,26?,27+,28-,31-/m1/s1. The Morgan fingerprint density at radius 2 is 1.61 bits per heavy atom. The van der Waals surface area contributed by atoms with Gasteiger partial charge in [-0.25, -0.2) is 23.7 Å². The molecule has 0 bridgehead atoms. The van der Waals surface area contributed by atoms with Crippen LogP contribution in [0.2, 0.25) is 0 Å². The zero-order chi connectivity index (χ0) is 43.9. The summed E-state index contributed by atoms with van der Waals surface area (Å²) in [6.45, 7) is 3.17. The Balaban J connectivity index is 1.39. The van der Waals surface area contributed by atoms with Crippen LogP contribution < -0.4 is 16.4 Å². The highest BCUT2D eigenvalue weighted by atomic mass is 33.1. The molecule has 2 aromatic heterocycles. The van der Waals surface area contributed by atoms with Crippen molar-refractivity contribution in [3.05, 3.63) is 18.6 Å². The number of aromatic nitrogens is 3. The fourth-order valence-electron chi connectivity index (χ4n) is 5.67. The number of phosphoric acid groups is 3. The number of nitrogens with one attached hydrogen (secondary N) is 2. The van der Waals surface area contributed by atoms with E-state index in [9.17, 15) is 53.1 Å². The van der Waals surface area contributed by atoms with Crippen molar-refractivity contribution in [2.45, 2.75) is 109 Å². The topological polar surface area (TPSA) is 334 Å². The van der Waals surface area contributed by atoms with Gasteiger partial charge in [-0.05, 0) is 12.5 Å². The lowest BCUT2D eigenvalue weighted by molar-refractivity contribution is -0.137. The molecule has 3 rings (SSSR count). The number of pyridine rings is 1. The lowest BCUT2D eigenvalue weighted by Crippen LogP contribution is -2.46. The van der Waals surface area contributed by atoms with E-state index in [1.54, 1.807) is 21.6 Å². The molecular formula is C32H57N6O16P3S2. The number of carbonyl (C=O) groups excluding carboxylic acids is 2. The molecule has 1 saturated heterocycles. The minimum atomic E-state index is -5.54. The number of imidazole rings is 1. The molecule has 27 heteroatoms. The van der Waals surface area contributed by atoms with Gasteiger partial charge in [0, 0.05) is 42.6 Å². The van der Waals surface area contributed by atoms with Crippen LogP contribution in [-0.2, 0) is 45.9 Å². The van der Waals surface area contributed by atoms with Crippen molar-refractivity contribution in [1.82, 2.24) is 25.2 Å². The van der Waals surface area contributed by atoms with E-state index in [-0.39, 0.29) is 35.7 Å². The molecule has 0 saturated carbocycles. The first kappa shape index (κ1) is 51.7. The van der Waals surface area contributed by atoms with Crippen LogP contribution in [0, 0.1) is 5.41 Å². The van der Waals surface area contributed by atoms with Gasteiger partial charge in [0.25, 0.3) is 0 Å². The Kier molecular flexibility index (Phi) is 21.2. The molecule has 338 valence electrons. The van der Waals surface area contributed by atoms with E-state index in [0.717, 1.165) is 17.9 Å². The Bertz CT molecular complexity index is 1790. The number of nitrogens with zero attached hydrogens (tertiary/aromatic N) is 3. The predicted molar refractivity (Wildman–Crippen MR) is 219 cm³/mol. The van der Waals surface area contributed by atoms with Crippen LogP contribution in [0.1, 0.15) is 84.8 Å². The highest BCUT2D eigenvalue weighted by molar-refractivity contribution is 8.76.